The first-order chi connectivity index (χ1) is 8.86. The fourth-order valence-electron chi connectivity index (χ4n) is 1.73. The standard InChI is InChI=1S/C15H23NO3/c1-11(19-10-18-5)14(17)16-13-9-7-6-8-12(13)15(2,3)4/h6-9,11H,10H2,1-5H3,(H,16,17)/t11-/m0/s1. The van der Waals surface area contributed by atoms with E-state index in [9.17, 15) is 4.79 Å². The maximum Gasteiger partial charge on any atom is 0.253 e. The van der Waals surface area contributed by atoms with Gasteiger partial charge in [-0.3, -0.25) is 4.79 Å². The molecule has 0 radical (unpaired) electrons. The molecule has 0 saturated carbocycles. The van der Waals surface area contributed by atoms with Crippen LogP contribution < -0.4 is 5.32 Å². The molecule has 19 heavy (non-hydrogen) atoms. The number of nitrogens with one attached hydrogen (secondary N) is 1. The number of methoxy groups -OCH3 is 1. The number of carbonyl (C=O) groups is 1. The molecule has 0 aliphatic carbocycles. The van der Waals surface area contributed by atoms with E-state index < -0.39 is 6.10 Å². The lowest BCUT2D eigenvalue weighted by Gasteiger charge is -2.23. The SMILES string of the molecule is COCO[C@@H](C)C(=O)Nc1ccccc1C(C)(C)C. The van der Waals surface area contributed by atoms with Crippen molar-refractivity contribution >= 4 is 11.6 Å². The van der Waals surface area contributed by atoms with Gasteiger partial charge < -0.3 is 14.8 Å². The third-order valence-electron chi connectivity index (χ3n) is 2.80. The van der Waals surface area contributed by atoms with Crippen LogP contribution in [0.4, 0.5) is 5.69 Å². The van der Waals surface area contributed by atoms with E-state index in [1.54, 1.807) is 6.92 Å². The van der Waals surface area contributed by atoms with Gasteiger partial charge in [-0.25, -0.2) is 0 Å². The Morgan fingerprint density at radius 3 is 2.53 bits per heavy atom. The first-order valence-electron chi connectivity index (χ1n) is 6.37. The summed E-state index contributed by atoms with van der Waals surface area (Å²) < 4.78 is 10.0. The van der Waals surface area contributed by atoms with Crippen molar-refractivity contribution in [3.8, 4) is 0 Å². The normalized spacial score (nSPS) is 13.1. The number of benzene rings is 1. The summed E-state index contributed by atoms with van der Waals surface area (Å²) in [6, 6.07) is 7.81. The Kier molecular flexibility index (Phi) is 5.51. The molecule has 1 rings (SSSR count). The largest absolute Gasteiger partial charge is 0.359 e. The second kappa shape index (κ2) is 6.68. The van der Waals surface area contributed by atoms with Gasteiger partial charge in [0.2, 0.25) is 0 Å². The van der Waals surface area contributed by atoms with Crippen molar-refractivity contribution in [2.75, 3.05) is 19.2 Å². The topological polar surface area (TPSA) is 47.6 Å². The zero-order valence-corrected chi connectivity index (χ0v) is 12.3. The average Bonchev–Trinajstić information content (AvgIpc) is 2.35. The lowest BCUT2D eigenvalue weighted by molar-refractivity contribution is -0.134. The monoisotopic (exact) mass is 265 g/mol. The minimum Gasteiger partial charge on any atom is -0.359 e. The molecule has 106 valence electrons. The number of amides is 1. The van der Waals surface area contributed by atoms with Gasteiger partial charge in [0, 0.05) is 12.8 Å². The Labute approximate surface area is 115 Å². The van der Waals surface area contributed by atoms with Crippen LogP contribution >= 0.6 is 0 Å². The smallest absolute Gasteiger partial charge is 0.253 e. The summed E-state index contributed by atoms with van der Waals surface area (Å²) in [5.74, 6) is -0.172. The summed E-state index contributed by atoms with van der Waals surface area (Å²) in [4.78, 5) is 12.0. The van der Waals surface area contributed by atoms with Gasteiger partial charge in [-0.05, 0) is 24.0 Å². The third-order valence-corrected chi connectivity index (χ3v) is 2.80. The zero-order chi connectivity index (χ0) is 14.5. The lowest BCUT2D eigenvalue weighted by Crippen LogP contribution is -2.29. The molecule has 0 bridgehead atoms. The third kappa shape index (κ3) is 4.65. The molecule has 0 spiro atoms. The van der Waals surface area contributed by atoms with Crippen molar-refractivity contribution in [2.24, 2.45) is 0 Å². The molecule has 0 saturated heterocycles. The highest BCUT2D eigenvalue weighted by molar-refractivity contribution is 5.94. The summed E-state index contributed by atoms with van der Waals surface area (Å²) >= 11 is 0. The fraction of sp³-hybridized carbons (Fsp3) is 0.533. The molecule has 1 N–H and O–H groups in total. The van der Waals surface area contributed by atoms with Gasteiger partial charge in [0.05, 0.1) is 0 Å². The minimum atomic E-state index is -0.548. The Hall–Kier alpha value is -1.39. The number of ether oxygens (including phenoxy) is 2. The van der Waals surface area contributed by atoms with Crippen molar-refractivity contribution in [1.29, 1.82) is 0 Å². The van der Waals surface area contributed by atoms with Crippen LogP contribution in [0, 0.1) is 0 Å². The average molecular weight is 265 g/mol. The van der Waals surface area contributed by atoms with E-state index in [0.717, 1.165) is 11.3 Å². The van der Waals surface area contributed by atoms with Crippen molar-refractivity contribution < 1.29 is 14.3 Å². The summed E-state index contributed by atoms with van der Waals surface area (Å²) in [5.41, 5.74) is 1.90. The minimum absolute atomic E-state index is 0.0273. The van der Waals surface area contributed by atoms with Gasteiger partial charge in [0.15, 0.2) is 0 Å². The Balaban J connectivity index is 2.80. The summed E-state index contributed by atoms with van der Waals surface area (Å²) in [6.07, 6.45) is -0.548. The fourth-order valence-corrected chi connectivity index (χ4v) is 1.73. The molecule has 0 aliphatic rings. The summed E-state index contributed by atoms with van der Waals surface area (Å²) in [5, 5.41) is 2.91. The van der Waals surface area contributed by atoms with Gasteiger partial charge in [0.25, 0.3) is 5.91 Å². The predicted octanol–water partition coefficient (Wildman–Crippen LogP) is 2.93. The second-order valence-electron chi connectivity index (χ2n) is 5.50. The second-order valence-corrected chi connectivity index (χ2v) is 5.50. The lowest BCUT2D eigenvalue weighted by atomic mass is 9.86. The molecule has 1 atom stereocenters. The highest BCUT2D eigenvalue weighted by Gasteiger charge is 2.20. The molecule has 1 amide bonds. The van der Waals surface area contributed by atoms with Crippen LogP contribution in [0.15, 0.2) is 24.3 Å². The van der Waals surface area contributed by atoms with Crippen molar-refractivity contribution in [3.05, 3.63) is 29.8 Å². The van der Waals surface area contributed by atoms with E-state index in [1.807, 2.05) is 24.3 Å². The van der Waals surface area contributed by atoms with Gasteiger partial charge >= 0.3 is 0 Å². The van der Waals surface area contributed by atoms with E-state index in [0.29, 0.717) is 0 Å². The Morgan fingerprint density at radius 1 is 1.32 bits per heavy atom. The Bertz CT molecular complexity index is 424. The van der Waals surface area contributed by atoms with E-state index in [4.69, 9.17) is 9.47 Å². The molecular formula is C15H23NO3. The quantitative estimate of drug-likeness (QED) is 0.833. The Morgan fingerprint density at radius 2 is 1.95 bits per heavy atom. The molecule has 0 fully saturated rings. The number of rotatable bonds is 5. The van der Waals surface area contributed by atoms with Crippen LogP contribution in [0.25, 0.3) is 0 Å². The van der Waals surface area contributed by atoms with Crippen LogP contribution in [0.3, 0.4) is 0 Å². The first-order valence-corrected chi connectivity index (χ1v) is 6.37. The molecule has 1 aromatic carbocycles. The van der Waals surface area contributed by atoms with E-state index in [-0.39, 0.29) is 18.1 Å². The number of carbonyl (C=O) groups excluding carboxylic acids is 1. The van der Waals surface area contributed by atoms with Gasteiger partial charge in [-0.15, -0.1) is 0 Å². The van der Waals surface area contributed by atoms with Crippen LogP contribution in [0.2, 0.25) is 0 Å². The molecule has 0 heterocycles. The molecule has 0 aliphatic heterocycles. The highest BCUT2D eigenvalue weighted by Crippen LogP contribution is 2.29. The van der Waals surface area contributed by atoms with Crippen molar-refractivity contribution in [2.45, 2.75) is 39.2 Å². The molecule has 0 aromatic heterocycles. The molecule has 4 nitrogen and oxygen atoms in total. The zero-order valence-electron chi connectivity index (χ0n) is 12.3. The molecular weight excluding hydrogens is 242 g/mol. The molecule has 4 heteroatoms. The molecule has 1 aromatic rings. The number of hydrogen-bond acceptors (Lipinski definition) is 3. The molecule has 0 unspecified atom stereocenters. The maximum atomic E-state index is 12.0. The number of para-hydroxylation sites is 1. The van der Waals surface area contributed by atoms with E-state index >= 15 is 0 Å². The summed E-state index contributed by atoms with van der Waals surface area (Å²) in [6.45, 7) is 8.15. The van der Waals surface area contributed by atoms with E-state index in [1.165, 1.54) is 7.11 Å². The van der Waals surface area contributed by atoms with Crippen LogP contribution in [0.1, 0.15) is 33.3 Å². The highest BCUT2D eigenvalue weighted by atomic mass is 16.7. The van der Waals surface area contributed by atoms with Gasteiger partial charge in [-0.2, -0.15) is 0 Å². The van der Waals surface area contributed by atoms with Crippen LogP contribution in [-0.2, 0) is 19.7 Å². The summed E-state index contributed by atoms with van der Waals surface area (Å²) in [7, 11) is 1.53. The van der Waals surface area contributed by atoms with Crippen molar-refractivity contribution in [3.63, 3.8) is 0 Å². The van der Waals surface area contributed by atoms with Crippen molar-refractivity contribution in [1.82, 2.24) is 0 Å². The first kappa shape index (κ1) is 15.7. The maximum absolute atomic E-state index is 12.0. The van der Waals surface area contributed by atoms with Crippen LogP contribution in [-0.4, -0.2) is 25.9 Å². The van der Waals surface area contributed by atoms with Gasteiger partial charge in [0.1, 0.15) is 12.9 Å². The van der Waals surface area contributed by atoms with E-state index in [2.05, 4.69) is 26.1 Å². The predicted molar refractivity (Wildman–Crippen MR) is 76.2 cm³/mol. The number of hydrogen-bond donors (Lipinski definition) is 1. The van der Waals surface area contributed by atoms with Crippen LogP contribution in [0.5, 0.6) is 0 Å². The van der Waals surface area contributed by atoms with Gasteiger partial charge in [-0.1, -0.05) is 39.0 Å². The number of anilines is 1.